The minimum atomic E-state index is -1.04. The third kappa shape index (κ3) is 2.44. The Morgan fingerprint density at radius 3 is 2.65 bits per heavy atom. The van der Waals surface area contributed by atoms with Crippen LogP contribution in [0.15, 0.2) is 17.5 Å². The second-order valence-corrected chi connectivity index (χ2v) is 9.30. The third-order valence-electron chi connectivity index (χ3n) is 4.33. The highest BCUT2D eigenvalue weighted by Gasteiger charge is 2.69. The van der Waals surface area contributed by atoms with Crippen LogP contribution in [0, 0.1) is 0 Å². The molecule has 3 rings (SSSR count). The van der Waals surface area contributed by atoms with E-state index in [0.29, 0.717) is 0 Å². The van der Waals surface area contributed by atoms with Gasteiger partial charge in [-0.25, -0.2) is 4.79 Å². The number of aliphatic carboxylic acids is 1. The second kappa shape index (κ2) is 5.24. The summed E-state index contributed by atoms with van der Waals surface area (Å²) in [5, 5.41) is 13.8. The molecule has 0 aliphatic carbocycles. The molecule has 0 aromatic carbocycles. The summed E-state index contributed by atoms with van der Waals surface area (Å²) in [4.78, 5) is 38.6. The summed E-state index contributed by atoms with van der Waals surface area (Å²) in [7, 11) is 0. The lowest BCUT2D eigenvalue weighted by Crippen LogP contribution is -2.78. The lowest BCUT2D eigenvalue weighted by molar-refractivity contribution is -0.167. The molecule has 2 N–H and O–H groups in total. The van der Waals surface area contributed by atoms with Crippen molar-refractivity contribution < 1.29 is 19.5 Å². The minimum absolute atomic E-state index is 0.222. The smallest absolute Gasteiger partial charge is 0.327 e. The predicted octanol–water partition coefficient (Wildman–Crippen LogP) is 1.31. The number of carbonyl (C=O) groups is 3. The molecule has 0 spiro atoms. The largest absolute Gasteiger partial charge is 0.480 e. The van der Waals surface area contributed by atoms with Crippen molar-refractivity contribution in [3.05, 3.63) is 22.4 Å². The average Bonchev–Trinajstić information content (AvgIpc) is 3.02. The van der Waals surface area contributed by atoms with Gasteiger partial charge in [0.25, 0.3) is 5.91 Å². The van der Waals surface area contributed by atoms with Crippen LogP contribution in [0.25, 0.3) is 0 Å². The molecule has 0 bridgehead atoms. The molecule has 1 aromatic rings. The fraction of sp³-hybridized carbons (Fsp3) is 0.533. The first kappa shape index (κ1) is 16.3. The highest BCUT2D eigenvalue weighted by Crippen LogP contribution is 2.54. The molecule has 2 fully saturated rings. The fourth-order valence-corrected chi connectivity index (χ4v) is 5.59. The van der Waals surface area contributed by atoms with E-state index >= 15 is 0 Å². The molecule has 2 amide bonds. The van der Waals surface area contributed by atoms with Crippen LogP contribution in [0.1, 0.15) is 25.6 Å². The molecule has 6 nitrogen and oxygen atoms in total. The number of carboxylic acid groups (broad SMARTS) is 1. The van der Waals surface area contributed by atoms with Crippen molar-refractivity contribution in [2.45, 2.75) is 48.9 Å². The van der Waals surface area contributed by atoms with E-state index < -0.39 is 22.3 Å². The third-order valence-corrected chi connectivity index (χ3v) is 6.95. The highest BCUT2D eigenvalue weighted by molar-refractivity contribution is 8.01. The fourth-order valence-electron chi connectivity index (χ4n) is 3.24. The van der Waals surface area contributed by atoms with E-state index in [1.807, 2.05) is 31.4 Å². The number of nitrogens with zero attached hydrogens (tertiary/aromatic N) is 1. The number of hydrogen-bond donors (Lipinski definition) is 2. The highest BCUT2D eigenvalue weighted by atomic mass is 32.2. The number of fused-ring (bicyclic) bond motifs is 1. The number of carboxylic acids is 1. The Bertz CT molecular complexity index is 673. The van der Waals surface area contributed by atoms with Crippen molar-refractivity contribution in [2.75, 3.05) is 0 Å². The zero-order chi connectivity index (χ0) is 17.0. The normalized spacial score (nSPS) is 31.4. The molecule has 3 heterocycles. The first-order chi connectivity index (χ1) is 10.7. The van der Waals surface area contributed by atoms with Gasteiger partial charge in [-0.15, -0.1) is 23.1 Å². The number of hydrogen-bond acceptors (Lipinski definition) is 5. The molecular formula is C15H18N2O4S2. The van der Waals surface area contributed by atoms with E-state index in [1.165, 1.54) is 28.0 Å². The minimum Gasteiger partial charge on any atom is -0.480 e. The maximum atomic E-state index is 12.5. The van der Waals surface area contributed by atoms with Crippen LogP contribution >= 0.6 is 23.1 Å². The Balaban J connectivity index is 1.76. The Morgan fingerprint density at radius 1 is 1.39 bits per heavy atom. The average molecular weight is 354 g/mol. The van der Waals surface area contributed by atoms with Crippen molar-refractivity contribution in [3.8, 4) is 0 Å². The molecule has 8 heteroatoms. The summed E-state index contributed by atoms with van der Waals surface area (Å²) in [5.74, 6) is -1.56. The van der Waals surface area contributed by atoms with Crippen LogP contribution in [0.4, 0.5) is 0 Å². The molecule has 3 atom stereocenters. The van der Waals surface area contributed by atoms with E-state index in [0.717, 1.165) is 4.88 Å². The molecule has 0 saturated carbocycles. The summed E-state index contributed by atoms with van der Waals surface area (Å²) in [6.07, 6.45) is 0.226. The lowest BCUT2D eigenvalue weighted by Gasteiger charge is -2.51. The maximum absolute atomic E-state index is 12.5. The van der Waals surface area contributed by atoms with Gasteiger partial charge < -0.3 is 15.3 Å². The van der Waals surface area contributed by atoms with Gasteiger partial charge in [0.15, 0.2) is 0 Å². The molecule has 0 radical (unpaired) electrons. The van der Waals surface area contributed by atoms with Gasteiger partial charge in [-0.05, 0) is 32.2 Å². The summed E-state index contributed by atoms with van der Waals surface area (Å²) in [6.45, 7) is 5.31. The van der Waals surface area contributed by atoms with E-state index in [1.54, 1.807) is 6.92 Å². The summed E-state index contributed by atoms with van der Waals surface area (Å²) >= 11 is 2.91. The first-order valence-electron chi connectivity index (χ1n) is 7.23. The monoisotopic (exact) mass is 354 g/mol. The second-order valence-electron chi connectivity index (χ2n) is 6.53. The zero-order valence-corrected chi connectivity index (χ0v) is 14.7. The van der Waals surface area contributed by atoms with Crippen molar-refractivity contribution in [1.29, 1.82) is 0 Å². The van der Waals surface area contributed by atoms with Gasteiger partial charge in [-0.1, -0.05) is 6.07 Å². The first-order valence-corrected chi connectivity index (χ1v) is 8.99. The van der Waals surface area contributed by atoms with Crippen molar-refractivity contribution in [1.82, 2.24) is 10.2 Å². The standard InChI is InChI=1S/C15H18N2O4S2/c1-14(2)10(11(19)20)17-12(21)15(3,13(17)23-14)16-9(18)7-8-5-4-6-22-8/h4-6,10,13H,7H2,1-3H3,(H,16,18)(H,19,20)/t10-,13+,15?/m0/s1. The number of nitrogens with one attached hydrogen (secondary N) is 1. The SMILES string of the molecule is CC1(C)S[C@H]2N(C(=O)C2(C)NC(=O)Cc2cccs2)[C@H]1C(=O)O. The van der Waals surface area contributed by atoms with Crippen LogP contribution in [-0.2, 0) is 20.8 Å². The van der Waals surface area contributed by atoms with Crippen LogP contribution in [-0.4, -0.2) is 49.5 Å². The summed E-state index contributed by atoms with van der Waals surface area (Å²) in [6, 6.07) is 2.88. The Morgan fingerprint density at radius 2 is 2.09 bits per heavy atom. The van der Waals surface area contributed by atoms with Crippen molar-refractivity contribution >= 4 is 40.9 Å². The Hall–Kier alpha value is -1.54. The quantitative estimate of drug-likeness (QED) is 0.796. The van der Waals surface area contributed by atoms with Crippen LogP contribution in [0.3, 0.4) is 0 Å². The Labute approximate surface area is 142 Å². The van der Waals surface area contributed by atoms with Gasteiger partial charge >= 0.3 is 5.97 Å². The summed E-state index contributed by atoms with van der Waals surface area (Å²) < 4.78 is -0.595. The number of rotatable bonds is 4. The number of thiophene rings is 1. The van der Waals surface area contributed by atoms with Gasteiger partial charge in [0.2, 0.25) is 5.91 Å². The number of β-lactam (4-membered cyclic amide) rings is 1. The lowest BCUT2D eigenvalue weighted by atomic mass is 9.86. The molecule has 1 aromatic heterocycles. The van der Waals surface area contributed by atoms with E-state index in [-0.39, 0.29) is 23.6 Å². The van der Waals surface area contributed by atoms with E-state index in [9.17, 15) is 19.5 Å². The van der Waals surface area contributed by atoms with Crippen LogP contribution < -0.4 is 5.32 Å². The zero-order valence-electron chi connectivity index (χ0n) is 13.0. The van der Waals surface area contributed by atoms with Gasteiger partial charge in [-0.2, -0.15) is 0 Å². The topological polar surface area (TPSA) is 86.7 Å². The number of amides is 2. The Kier molecular flexibility index (Phi) is 3.72. The number of thioether (sulfide) groups is 1. The molecule has 2 aliphatic heterocycles. The van der Waals surface area contributed by atoms with Gasteiger partial charge in [-0.3, -0.25) is 9.59 Å². The molecule has 2 aliphatic rings. The predicted molar refractivity (Wildman–Crippen MR) is 88.3 cm³/mol. The summed E-state index contributed by atoms with van der Waals surface area (Å²) in [5.41, 5.74) is -1.04. The van der Waals surface area contributed by atoms with Gasteiger partial charge in [0.1, 0.15) is 17.0 Å². The van der Waals surface area contributed by atoms with E-state index in [4.69, 9.17) is 0 Å². The molecule has 23 heavy (non-hydrogen) atoms. The van der Waals surface area contributed by atoms with Crippen molar-refractivity contribution in [2.24, 2.45) is 0 Å². The number of carbonyl (C=O) groups excluding carboxylic acids is 2. The van der Waals surface area contributed by atoms with Crippen molar-refractivity contribution in [3.63, 3.8) is 0 Å². The molecular weight excluding hydrogens is 336 g/mol. The molecule has 1 unspecified atom stereocenters. The van der Waals surface area contributed by atoms with Gasteiger partial charge in [0.05, 0.1) is 6.42 Å². The molecule has 124 valence electrons. The molecule has 2 saturated heterocycles. The van der Waals surface area contributed by atoms with E-state index in [2.05, 4.69) is 5.32 Å². The van der Waals surface area contributed by atoms with Crippen LogP contribution in [0.5, 0.6) is 0 Å². The van der Waals surface area contributed by atoms with Crippen LogP contribution in [0.2, 0.25) is 0 Å². The maximum Gasteiger partial charge on any atom is 0.327 e. The van der Waals surface area contributed by atoms with Gasteiger partial charge in [0, 0.05) is 9.62 Å².